The number of halogens is 2. The van der Waals surface area contributed by atoms with E-state index in [2.05, 4.69) is 11.9 Å². The molecule has 19 heavy (non-hydrogen) atoms. The molecule has 0 spiro atoms. The van der Waals surface area contributed by atoms with Crippen LogP contribution in [0.5, 0.6) is 0 Å². The highest BCUT2D eigenvalue weighted by Crippen LogP contribution is 2.29. The van der Waals surface area contributed by atoms with Gasteiger partial charge in [-0.3, -0.25) is 4.79 Å². The summed E-state index contributed by atoms with van der Waals surface area (Å²) in [7, 11) is 0. The topological polar surface area (TPSA) is 41.6 Å². The maximum atomic E-state index is 13.4. The Morgan fingerprint density at radius 2 is 1.95 bits per heavy atom. The fraction of sp³-hybridized carbons (Fsp3) is 0.308. The zero-order chi connectivity index (χ0) is 13.8. The molecule has 1 aromatic rings. The maximum absolute atomic E-state index is 13.4. The predicted molar refractivity (Wildman–Crippen MR) is 68.2 cm³/mol. The van der Waals surface area contributed by atoms with E-state index in [0.717, 1.165) is 18.2 Å². The van der Waals surface area contributed by atoms with Crippen LogP contribution >= 0.6 is 0 Å². The molecule has 1 aliphatic rings. The van der Waals surface area contributed by atoms with Gasteiger partial charge in [0.05, 0.1) is 24.6 Å². The van der Waals surface area contributed by atoms with E-state index in [1.165, 1.54) is 0 Å². The minimum Gasteiger partial charge on any atom is -0.378 e. The van der Waals surface area contributed by atoms with Crippen LogP contribution in [-0.2, 0) is 9.53 Å². The monoisotopic (exact) mass is 268 g/mol. The standard InChI is InChI=1S/C13H14F2N2O2/c1-2-13(18)16-11-7-9(14)10(15)8-12(11)17-3-5-19-6-4-17/h2,7-8H,1,3-6H2,(H,16,18). The lowest BCUT2D eigenvalue weighted by Crippen LogP contribution is -2.36. The molecule has 102 valence electrons. The Balaban J connectivity index is 2.35. The van der Waals surface area contributed by atoms with Gasteiger partial charge in [0, 0.05) is 25.2 Å². The number of anilines is 2. The lowest BCUT2D eigenvalue weighted by atomic mass is 10.2. The van der Waals surface area contributed by atoms with E-state index in [1.54, 1.807) is 0 Å². The molecule has 0 bridgehead atoms. The Morgan fingerprint density at radius 1 is 1.32 bits per heavy atom. The Morgan fingerprint density at radius 3 is 2.58 bits per heavy atom. The molecule has 1 heterocycles. The molecule has 0 radical (unpaired) electrons. The highest BCUT2D eigenvalue weighted by molar-refractivity contribution is 6.01. The first-order valence-corrected chi connectivity index (χ1v) is 5.87. The minimum absolute atomic E-state index is 0.228. The van der Waals surface area contributed by atoms with Gasteiger partial charge >= 0.3 is 0 Å². The number of rotatable bonds is 3. The van der Waals surface area contributed by atoms with Crippen molar-refractivity contribution in [3.63, 3.8) is 0 Å². The molecule has 4 nitrogen and oxygen atoms in total. The van der Waals surface area contributed by atoms with Crippen molar-refractivity contribution in [1.82, 2.24) is 0 Å². The molecule has 1 amide bonds. The summed E-state index contributed by atoms with van der Waals surface area (Å²) < 4.78 is 31.9. The molecule has 0 saturated carbocycles. The van der Waals surface area contributed by atoms with Crippen LogP contribution in [0.4, 0.5) is 20.2 Å². The third-order valence-electron chi connectivity index (χ3n) is 2.83. The van der Waals surface area contributed by atoms with Crippen molar-refractivity contribution in [1.29, 1.82) is 0 Å². The summed E-state index contributed by atoms with van der Waals surface area (Å²) in [4.78, 5) is 13.2. The summed E-state index contributed by atoms with van der Waals surface area (Å²) in [6, 6.07) is 2.06. The van der Waals surface area contributed by atoms with Crippen molar-refractivity contribution in [3.8, 4) is 0 Å². The van der Waals surface area contributed by atoms with E-state index in [4.69, 9.17) is 4.74 Å². The lowest BCUT2D eigenvalue weighted by Gasteiger charge is -2.30. The summed E-state index contributed by atoms with van der Waals surface area (Å²) in [6.07, 6.45) is 1.07. The van der Waals surface area contributed by atoms with Gasteiger partial charge < -0.3 is 15.0 Å². The van der Waals surface area contributed by atoms with Crippen LogP contribution in [0.1, 0.15) is 0 Å². The van der Waals surface area contributed by atoms with Crippen molar-refractivity contribution < 1.29 is 18.3 Å². The summed E-state index contributed by atoms with van der Waals surface area (Å²) in [5.41, 5.74) is 0.670. The Labute approximate surface area is 109 Å². The van der Waals surface area contributed by atoms with Gasteiger partial charge in [0.1, 0.15) is 0 Å². The van der Waals surface area contributed by atoms with E-state index in [0.29, 0.717) is 32.0 Å². The van der Waals surface area contributed by atoms with Crippen molar-refractivity contribution >= 4 is 17.3 Å². The Hall–Kier alpha value is -1.95. The second-order valence-corrected chi connectivity index (χ2v) is 4.08. The van der Waals surface area contributed by atoms with Gasteiger partial charge in [0.25, 0.3) is 0 Å². The van der Waals surface area contributed by atoms with Crippen molar-refractivity contribution in [2.45, 2.75) is 0 Å². The number of benzene rings is 1. The normalized spacial score (nSPS) is 15.2. The predicted octanol–water partition coefficient (Wildman–Crippen LogP) is 1.93. The maximum Gasteiger partial charge on any atom is 0.247 e. The fourth-order valence-corrected chi connectivity index (χ4v) is 1.89. The number of carbonyl (C=O) groups excluding carboxylic acids is 1. The Bertz CT molecular complexity index is 500. The van der Waals surface area contributed by atoms with Crippen LogP contribution in [0.3, 0.4) is 0 Å². The van der Waals surface area contributed by atoms with Crippen LogP contribution in [-0.4, -0.2) is 32.2 Å². The zero-order valence-corrected chi connectivity index (χ0v) is 10.3. The number of morpholine rings is 1. The van der Waals surface area contributed by atoms with Crippen LogP contribution in [0, 0.1) is 11.6 Å². The molecule has 1 saturated heterocycles. The second-order valence-electron chi connectivity index (χ2n) is 4.08. The first-order valence-electron chi connectivity index (χ1n) is 5.87. The van der Waals surface area contributed by atoms with Gasteiger partial charge in [0.2, 0.25) is 5.91 Å². The third kappa shape index (κ3) is 3.08. The largest absolute Gasteiger partial charge is 0.378 e. The van der Waals surface area contributed by atoms with Gasteiger partial charge in [-0.1, -0.05) is 6.58 Å². The van der Waals surface area contributed by atoms with E-state index in [9.17, 15) is 13.6 Å². The summed E-state index contributed by atoms with van der Waals surface area (Å²) >= 11 is 0. The number of hydrogen-bond acceptors (Lipinski definition) is 3. The van der Waals surface area contributed by atoms with Gasteiger partial charge in [-0.2, -0.15) is 0 Å². The highest BCUT2D eigenvalue weighted by Gasteiger charge is 2.18. The first kappa shape index (κ1) is 13.5. The van der Waals surface area contributed by atoms with Gasteiger partial charge in [0.15, 0.2) is 11.6 Å². The van der Waals surface area contributed by atoms with Gasteiger partial charge in [-0.25, -0.2) is 8.78 Å². The zero-order valence-electron chi connectivity index (χ0n) is 10.3. The van der Waals surface area contributed by atoms with E-state index < -0.39 is 17.5 Å². The first-order chi connectivity index (χ1) is 9.11. The summed E-state index contributed by atoms with van der Waals surface area (Å²) in [5.74, 6) is -2.42. The molecule has 1 fully saturated rings. The molecular formula is C13H14F2N2O2. The van der Waals surface area contributed by atoms with Crippen LogP contribution in [0.15, 0.2) is 24.8 Å². The highest BCUT2D eigenvalue weighted by atomic mass is 19.2. The number of carbonyl (C=O) groups is 1. The minimum atomic E-state index is -1.00. The summed E-state index contributed by atoms with van der Waals surface area (Å²) in [5, 5.41) is 2.48. The molecule has 1 aromatic carbocycles. The summed E-state index contributed by atoms with van der Waals surface area (Å²) in [6.45, 7) is 5.46. The second kappa shape index (κ2) is 5.79. The van der Waals surface area contributed by atoms with Crippen LogP contribution < -0.4 is 10.2 Å². The van der Waals surface area contributed by atoms with Crippen LogP contribution in [0.2, 0.25) is 0 Å². The van der Waals surface area contributed by atoms with Crippen molar-refractivity contribution in [2.75, 3.05) is 36.5 Å². The average molecular weight is 268 g/mol. The molecule has 2 rings (SSSR count). The Kier molecular flexibility index (Phi) is 4.11. The van der Waals surface area contributed by atoms with E-state index in [1.807, 2.05) is 4.90 Å². The molecular weight excluding hydrogens is 254 g/mol. The number of hydrogen-bond donors (Lipinski definition) is 1. The SMILES string of the molecule is C=CC(=O)Nc1cc(F)c(F)cc1N1CCOCC1. The molecule has 1 aliphatic heterocycles. The number of ether oxygens (including phenoxy) is 1. The molecule has 0 aromatic heterocycles. The quantitative estimate of drug-likeness (QED) is 0.852. The molecule has 0 aliphatic carbocycles. The van der Waals surface area contributed by atoms with Crippen molar-refractivity contribution in [2.24, 2.45) is 0 Å². The third-order valence-corrected chi connectivity index (χ3v) is 2.83. The molecule has 6 heteroatoms. The molecule has 1 N–H and O–H groups in total. The lowest BCUT2D eigenvalue weighted by molar-refractivity contribution is -0.111. The number of amides is 1. The molecule has 0 unspecified atom stereocenters. The van der Waals surface area contributed by atoms with E-state index >= 15 is 0 Å². The van der Waals surface area contributed by atoms with Gasteiger partial charge in [-0.15, -0.1) is 0 Å². The van der Waals surface area contributed by atoms with Crippen molar-refractivity contribution in [3.05, 3.63) is 36.4 Å². The van der Waals surface area contributed by atoms with Crippen LogP contribution in [0.25, 0.3) is 0 Å². The average Bonchev–Trinajstić information content (AvgIpc) is 2.43. The van der Waals surface area contributed by atoms with Gasteiger partial charge in [-0.05, 0) is 6.08 Å². The van der Waals surface area contributed by atoms with E-state index in [-0.39, 0.29) is 5.69 Å². The number of nitrogens with one attached hydrogen (secondary N) is 1. The fourth-order valence-electron chi connectivity index (χ4n) is 1.89. The molecule has 0 atom stereocenters. The smallest absolute Gasteiger partial charge is 0.247 e. The number of nitrogens with zero attached hydrogens (tertiary/aromatic N) is 1.